The highest BCUT2D eigenvalue weighted by atomic mass is 35.5. The topological polar surface area (TPSA) is 29.9 Å². The summed E-state index contributed by atoms with van der Waals surface area (Å²) in [7, 11) is 3.91. The van der Waals surface area contributed by atoms with Crippen molar-refractivity contribution in [3.63, 3.8) is 0 Å². The van der Waals surface area contributed by atoms with E-state index in [9.17, 15) is 0 Å². The first-order valence-corrected chi connectivity index (χ1v) is 5.49. The largest absolute Gasteiger partial charge is 0.336 e. The van der Waals surface area contributed by atoms with Crippen LogP contribution < -0.4 is 5.32 Å². The van der Waals surface area contributed by atoms with E-state index in [1.54, 1.807) is 6.33 Å². The van der Waals surface area contributed by atoms with E-state index in [1.807, 2.05) is 43.1 Å². The summed E-state index contributed by atoms with van der Waals surface area (Å²) in [6.45, 7) is 0. The van der Waals surface area contributed by atoms with Crippen LogP contribution in [0.2, 0.25) is 5.02 Å². The van der Waals surface area contributed by atoms with Crippen molar-refractivity contribution in [2.24, 2.45) is 7.05 Å². The maximum Gasteiger partial charge on any atom is 0.0946 e. The van der Waals surface area contributed by atoms with Crippen molar-refractivity contribution in [3.8, 4) is 0 Å². The number of halogens is 1. The van der Waals surface area contributed by atoms with Crippen molar-refractivity contribution < 1.29 is 0 Å². The number of rotatable bonds is 3. The Morgan fingerprint density at radius 3 is 2.81 bits per heavy atom. The van der Waals surface area contributed by atoms with Gasteiger partial charge in [0, 0.05) is 12.1 Å². The van der Waals surface area contributed by atoms with E-state index < -0.39 is 0 Å². The molecule has 0 bridgehead atoms. The molecule has 1 unspecified atom stereocenters. The molecule has 0 radical (unpaired) electrons. The predicted molar refractivity (Wildman–Crippen MR) is 65.6 cm³/mol. The fraction of sp³-hybridized carbons (Fsp3) is 0.250. The zero-order chi connectivity index (χ0) is 11.5. The van der Waals surface area contributed by atoms with Crippen LogP contribution in [0.15, 0.2) is 36.8 Å². The third-order valence-electron chi connectivity index (χ3n) is 2.62. The van der Waals surface area contributed by atoms with Gasteiger partial charge in [-0.05, 0) is 24.7 Å². The Kier molecular flexibility index (Phi) is 3.27. The van der Waals surface area contributed by atoms with Crippen molar-refractivity contribution >= 4 is 11.6 Å². The van der Waals surface area contributed by atoms with E-state index in [4.69, 9.17) is 11.6 Å². The van der Waals surface area contributed by atoms with Gasteiger partial charge in [0.05, 0.1) is 24.3 Å². The summed E-state index contributed by atoms with van der Waals surface area (Å²) in [5.41, 5.74) is 2.25. The molecule has 1 aromatic heterocycles. The molecule has 0 aliphatic heterocycles. The van der Waals surface area contributed by atoms with Gasteiger partial charge < -0.3 is 9.88 Å². The molecule has 0 aliphatic rings. The number of benzene rings is 1. The first kappa shape index (κ1) is 11.2. The molecule has 0 aliphatic carbocycles. The number of nitrogens with zero attached hydrogens (tertiary/aromatic N) is 2. The Balaban J connectivity index is 2.40. The normalized spacial score (nSPS) is 12.7. The van der Waals surface area contributed by atoms with Gasteiger partial charge >= 0.3 is 0 Å². The second-order valence-electron chi connectivity index (χ2n) is 3.71. The summed E-state index contributed by atoms with van der Waals surface area (Å²) in [6, 6.07) is 7.97. The molecule has 2 aromatic rings. The lowest BCUT2D eigenvalue weighted by molar-refractivity contribution is 0.638. The summed E-state index contributed by atoms with van der Waals surface area (Å²) < 4.78 is 2.00. The molecule has 0 fully saturated rings. The lowest BCUT2D eigenvalue weighted by Crippen LogP contribution is -2.20. The van der Waals surface area contributed by atoms with E-state index in [0.717, 1.165) is 16.3 Å². The Morgan fingerprint density at radius 2 is 2.25 bits per heavy atom. The predicted octanol–water partition coefficient (Wildman–Crippen LogP) is 2.38. The smallest absolute Gasteiger partial charge is 0.0946 e. The van der Waals surface area contributed by atoms with Crippen LogP contribution >= 0.6 is 11.6 Å². The minimum atomic E-state index is 0.117. The summed E-state index contributed by atoms with van der Waals surface area (Å²) in [6.07, 6.45) is 3.66. The number of aromatic nitrogens is 2. The third-order valence-corrected chi connectivity index (χ3v) is 2.86. The lowest BCUT2D eigenvalue weighted by Gasteiger charge is -2.17. The molecule has 0 amide bonds. The summed E-state index contributed by atoms with van der Waals surface area (Å²) in [5.74, 6) is 0. The second-order valence-corrected chi connectivity index (χ2v) is 4.14. The summed E-state index contributed by atoms with van der Waals surface area (Å²) in [5, 5.41) is 4.02. The Labute approximate surface area is 100 Å². The minimum Gasteiger partial charge on any atom is -0.336 e. The molecule has 4 heteroatoms. The highest BCUT2D eigenvalue weighted by Gasteiger charge is 2.14. The van der Waals surface area contributed by atoms with E-state index >= 15 is 0 Å². The van der Waals surface area contributed by atoms with Gasteiger partial charge in [-0.3, -0.25) is 0 Å². The van der Waals surface area contributed by atoms with Gasteiger partial charge in [0.15, 0.2) is 0 Å². The number of imidazole rings is 1. The Bertz CT molecular complexity index is 479. The molecule has 2 rings (SSSR count). The van der Waals surface area contributed by atoms with Gasteiger partial charge in [-0.15, -0.1) is 0 Å². The molecule has 1 N–H and O–H groups in total. The van der Waals surface area contributed by atoms with E-state index in [2.05, 4.69) is 16.4 Å². The van der Waals surface area contributed by atoms with Crippen LogP contribution in [0.4, 0.5) is 0 Å². The molecular formula is C12H14ClN3. The molecular weight excluding hydrogens is 222 g/mol. The number of hydrogen-bond donors (Lipinski definition) is 1. The molecule has 1 aromatic carbocycles. The second kappa shape index (κ2) is 4.68. The van der Waals surface area contributed by atoms with Crippen molar-refractivity contribution in [2.75, 3.05) is 7.05 Å². The van der Waals surface area contributed by atoms with Gasteiger partial charge in [-0.1, -0.05) is 23.7 Å². The fourth-order valence-corrected chi connectivity index (χ4v) is 2.02. The zero-order valence-electron chi connectivity index (χ0n) is 9.31. The van der Waals surface area contributed by atoms with Crippen LogP contribution in [0.3, 0.4) is 0 Å². The van der Waals surface area contributed by atoms with Crippen LogP contribution in [-0.4, -0.2) is 16.6 Å². The van der Waals surface area contributed by atoms with Crippen LogP contribution in [-0.2, 0) is 7.05 Å². The number of nitrogens with one attached hydrogen (secondary N) is 1. The van der Waals surface area contributed by atoms with E-state index in [0.29, 0.717) is 0 Å². The fourth-order valence-electron chi connectivity index (χ4n) is 1.82. The van der Waals surface area contributed by atoms with Crippen LogP contribution in [0, 0.1) is 0 Å². The van der Waals surface area contributed by atoms with Crippen LogP contribution in [0.1, 0.15) is 17.3 Å². The van der Waals surface area contributed by atoms with Crippen molar-refractivity contribution in [1.29, 1.82) is 0 Å². The van der Waals surface area contributed by atoms with E-state index in [-0.39, 0.29) is 6.04 Å². The first-order chi connectivity index (χ1) is 7.72. The summed E-state index contributed by atoms with van der Waals surface area (Å²) in [4.78, 5) is 4.13. The zero-order valence-corrected chi connectivity index (χ0v) is 10.1. The molecule has 0 saturated carbocycles. The molecule has 3 nitrogen and oxygen atoms in total. The van der Waals surface area contributed by atoms with Crippen molar-refractivity contribution in [1.82, 2.24) is 14.9 Å². The number of hydrogen-bond acceptors (Lipinski definition) is 2. The molecule has 16 heavy (non-hydrogen) atoms. The standard InChI is InChI=1S/C12H14ClN3/c1-14-12(11-7-15-8-16(11)2)9-4-3-5-10(13)6-9/h3-8,12,14H,1-2H3. The van der Waals surface area contributed by atoms with Crippen LogP contribution in [0.5, 0.6) is 0 Å². The van der Waals surface area contributed by atoms with Gasteiger partial charge in [-0.2, -0.15) is 0 Å². The lowest BCUT2D eigenvalue weighted by atomic mass is 10.0. The Hall–Kier alpha value is -1.32. The quantitative estimate of drug-likeness (QED) is 0.886. The minimum absolute atomic E-state index is 0.117. The maximum absolute atomic E-state index is 6.00. The van der Waals surface area contributed by atoms with Gasteiger partial charge in [0.1, 0.15) is 0 Å². The Morgan fingerprint density at radius 1 is 1.44 bits per heavy atom. The highest BCUT2D eigenvalue weighted by Crippen LogP contribution is 2.23. The SMILES string of the molecule is CNC(c1cccc(Cl)c1)c1cncn1C. The average molecular weight is 236 g/mol. The molecule has 84 valence electrons. The van der Waals surface area contributed by atoms with Gasteiger partial charge in [0.2, 0.25) is 0 Å². The number of aryl methyl sites for hydroxylation is 1. The summed E-state index contributed by atoms with van der Waals surface area (Å²) >= 11 is 6.00. The molecule has 0 saturated heterocycles. The van der Waals surface area contributed by atoms with E-state index in [1.165, 1.54) is 0 Å². The molecule has 1 atom stereocenters. The highest BCUT2D eigenvalue weighted by molar-refractivity contribution is 6.30. The third kappa shape index (κ3) is 2.10. The first-order valence-electron chi connectivity index (χ1n) is 5.11. The van der Waals surface area contributed by atoms with Crippen molar-refractivity contribution in [2.45, 2.75) is 6.04 Å². The van der Waals surface area contributed by atoms with Crippen molar-refractivity contribution in [3.05, 3.63) is 53.1 Å². The maximum atomic E-state index is 6.00. The monoisotopic (exact) mass is 235 g/mol. The van der Waals surface area contributed by atoms with Gasteiger partial charge in [0.25, 0.3) is 0 Å². The average Bonchev–Trinajstić information content (AvgIpc) is 2.67. The van der Waals surface area contributed by atoms with Gasteiger partial charge in [-0.25, -0.2) is 4.98 Å². The molecule has 0 spiro atoms. The molecule has 1 heterocycles. The van der Waals surface area contributed by atoms with Crippen LogP contribution in [0.25, 0.3) is 0 Å².